The number of aromatic nitrogens is 1. The van der Waals surface area contributed by atoms with Crippen LogP contribution in [0.4, 0.5) is 11.5 Å². The molecule has 2 aromatic rings. The van der Waals surface area contributed by atoms with E-state index in [1.165, 1.54) is 6.07 Å². The Hall–Kier alpha value is -2.14. The Kier molecular flexibility index (Phi) is 3.74. The number of benzene rings is 1. The smallest absolute Gasteiger partial charge is 0.274 e. The third kappa shape index (κ3) is 2.75. The summed E-state index contributed by atoms with van der Waals surface area (Å²) in [4.78, 5) is 14.5. The number of nitro benzene ring substituents is 1. The van der Waals surface area contributed by atoms with E-state index in [1.807, 2.05) is 0 Å². The first-order valence-electron chi connectivity index (χ1n) is 5.25. The Morgan fingerprint density at radius 3 is 2.78 bits per heavy atom. The molecule has 0 fully saturated rings. The Labute approximate surface area is 109 Å². The monoisotopic (exact) mass is 263 g/mol. The van der Waals surface area contributed by atoms with E-state index < -0.39 is 4.92 Å². The van der Waals surface area contributed by atoms with E-state index in [2.05, 4.69) is 10.3 Å². The van der Waals surface area contributed by atoms with E-state index in [4.69, 9.17) is 11.6 Å². The molecule has 1 aromatic heterocycles. The average molecular weight is 264 g/mol. The lowest BCUT2D eigenvalue weighted by Gasteiger charge is -2.07. The van der Waals surface area contributed by atoms with Gasteiger partial charge in [0, 0.05) is 24.4 Å². The summed E-state index contributed by atoms with van der Waals surface area (Å²) < 4.78 is 0. The first kappa shape index (κ1) is 12.3. The quantitative estimate of drug-likeness (QED) is 0.679. The largest absolute Gasteiger partial charge is 0.364 e. The summed E-state index contributed by atoms with van der Waals surface area (Å²) in [5.74, 6) is 0.511. The fraction of sp³-hybridized carbons (Fsp3) is 0.0833. The molecule has 0 unspecified atom stereocenters. The first-order chi connectivity index (χ1) is 8.68. The van der Waals surface area contributed by atoms with Crippen molar-refractivity contribution in [2.24, 2.45) is 0 Å². The summed E-state index contributed by atoms with van der Waals surface area (Å²) in [5, 5.41) is 14.3. The van der Waals surface area contributed by atoms with Gasteiger partial charge in [-0.15, -0.1) is 0 Å². The van der Waals surface area contributed by atoms with Crippen LogP contribution in [-0.4, -0.2) is 9.91 Å². The number of anilines is 1. The van der Waals surface area contributed by atoms with E-state index in [-0.39, 0.29) is 5.69 Å². The summed E-state index contributed by atoms with van der Waals surface area (Å²) >= 11 is 5.93. The van der Waals surface area contributed by atoms with Crippen molar-refractivity contribution < 1.29 is 4.92 Å². The molecule has 0 aliphatic heterocycles. The second-order valence-corrected chi connectivity index (χ2v) is 3.98. The zero-order valence-electron chi connectivity index (χ0n) is 9.34. The molecule has 0 bridgehead atoms. The maximum absolute atomic E-state index is 10.8. The molecule has 0 radical (unpaired) electrons. The molecule has 0 spiro atoms. The lowest BCUT2D eigenvalue weighted by molar-refractivity contribution is -0.385. The van der Waals surface area contributed by atoms with Crippen molar-refractivity contribution in [1.82, 2.24) is 4.98 Å². The Morgan fingerprint density at radius 1 is 1.28 bits per heavy atom. The highest BCUT2D eigenvalue weighted by molar-refractivity contribution is 6.32. The van der Waals surface area contributed by atoms with E-state index in [0.717, 1.165) is 0 Å². The van der Waals surface area contributed by atoms with Gasteiger partial charge in [-0.05, 0) is 12.1 Å². The molecule has 1 heterocycles. The van der Waals surface area contributed by atoms with Crippen molar-refractivity contribution in [1.29, 1.82) is 0 Å². The zero-order chi connectivity index (χ0) is 13.0. The highest BCUT2D eigenvalue weighted by atomic mass is 35.5. The number of halogens is 1. The van der Waals surface area contributed by atoms with Gasteiger partial charge in [0.25, 0.3) is 5.69 Å². The van der Waals surface area contributed by atoms with Crippen LogP contribution in [0, 0.1) is 10.1 Å². The molecule has 0 amide bonds. The van der Waals surface area contributed by atoms with Gasteiger partial charge < -0.3 is 5.32 Å². The molecular formula is C12H10ClN3O2. The summed E-state index contributed by atoms with van der Waals surface area (Å²) in [5.41, 5.74) is 0.668. The highest BCUT2D eigenvalue weighted by Crippen LogP contribution is 2.21. The molecule has 6 heteroatoms. The van der Waals surface area contributed by atoms with Crippen LogP contribution in [0.2, 0.25) is 5.02 Å². The predicted octanol–water partition coefficient (Wildman–Crippen LogP) is 3.26. The van der Waals surface area contributed by atoms with Gasteiger partial charge in [0.1, 0.15) is 5.82 Å². The van der Waals surface area contributed by atoms with Gasteiger partial charge in [-0.2, -0.15) is 0 Å². The molecule has 5 nitrogen and oxygen atoms in total. The van der Waals surface area contributed by atoms with Gasteiger partial charge in [-0.25, -0.2) is 4.98 Å². The van der Waals surface area contributed by atoms with E-state index in [1.54, 1.807) is 36.5 Å². The number of pyridine rings is 1. The Morgan fingerprint density at radius 2 is 2.06 bits per heavy atom. The number of hydrogen-bond acceptors (Lipinski definition) is 4. The molecule has 0 saturated carbocycles. The van der Waals surface area contributed by atoms with Crippen LogP contribution in [-0.2, 0) is 6.54 Å². The second-order valence-electron chi connectivity index (χ2n) is 3.57. The van der Waals surface area contributed by atoms with Gasteiger partial charge >= 0.3 is 0 Å². The lowest BCUT2D eigenvalue weighted by atomic mass is 10.2. The van der Waals surface area contributed by atoms with Gasteiger partial charge in [-0.1, -0.05) is 29.8 Å². The predicted molar refractivity (Wildman–Crippen MR) is 69.7 cm³/mol. The highest BCUT2D eigenvalue weighted by Gasteiger charge is 2.12. The van der Waals surface area contributed by atoms with E-state index in [9.17, 15) is 10.1 Å². The normalized spacial score (nSPS) is 10.1. The number of para-hydroxylation sites is 1. The van der Waals surface area contributed by atoms with Crippen LogP contribution in [0.5, 0.6) is 0 Å². The third-order valence-electron chi connectivity index (χ3n) is 2.39. The molecular weight excluding hydrogens is 254 g/mol. The van der Waals surface area contributed by atoms with Crippen LogP contribution < -0.4 is 5.32 Å². The van der Waals surface area contributed by atoms with Crippen LogP contribution >= 0.6 is 11.6 Å². The molecule has 1 N–H and O–H groups in total. The minimum atomic E-state index is -0.406. The maximum atomic E-state index is 10.8. The minimum Gasteiger partial charge on any atom is -0.364 e. The van der Waals surface area contributed by atoms with Gasteiger partial charge in [0.15, 0.2) is 0 Å². The molecule has 0 aliphatic rings. The van der Waals surface area contributed by atoms with Crippen molar-refractivity contribution >= 4 is 23.1 Å². The Balaban J connectivity index is 2.16. The van der Waals surface area contributed by atoms with E-state index in [0.29, 0.717) is 22.9 Å². The number of nitrogens with one attached hydrogen (secondary N) is 1. The molecule has 18 heavy (non-hydrogen) atoms. The average Bonchev–Trinajstić information content (AvgIpc) is 2.38. The summed E-state index contributed by atoms with van der Waals surface area (Å²) in [6, 6.07) is 9.98. The van der Waals surface area contributed by atoms with Crippen molar-refractivity contribution in [3.8, 4) is 0 Å². The topological polar surface area (TPSA) is 68.1 Å². The third-order valence-corrected chi connectivity index (χ3v) is 2.70. The lowest BCUT2D eigenvalue weighted by Crippen LogP contribution is -2.04. The number of rotatable bonds is 4. The van der Waals surface area contributed by atoms with Crippen LogP contribution in [0.15, 0.2) is 42.6 Å². The van der Waals surface area contributed by atoms with Crippen molar-refractivity contribution in [2.75, 3.05) is 5.32 Å². The standard InChI is InChI=1S/C12H10ClN3O2/c13-10-5-3-7-14-12(10)15-8-9-4-1-2-6-11(9)16(17)18/h1-7H,8H2,(H,14,15). The summed E-state index contributed by atoms with van der Waals surface area (Å²) in [7, 11) is 0. The minimum absolute atomic E-state index is 0.0806. The second kappa shape index (κ2) is 5.46. The van der Waals surface area contributed by atoms with Crippen molar-refractivity contribution in [2.45, 2.75) is 6.54 Å². The zero-order valence-corrected chi connectivity index (χ0v) is 10.1. The molecule has 0 saturated heterocycles. The van der Waals surface area contributed by atoms with E-state index >= 15 is 0 Å². The first-order valence-corrected chi connectivity index (χ1v) is 5.63. The SMILES string of the molecule is O=[N+]([O-])c1ccccc1CNc1ncccc1Cl. The van der Waals surface area contributed by atoms with Crippen molar-refractivity contribution in [3.05, 3.63) is 63.3 Å². The molecule has 0 aliphatic carbocycles. The van der Waals surface area contributed by atoms with Crippen LogP contribution in [0.3, 0.4) is 0 Å². The van der Waals surface area contributed by atoms with Gasteiger partial charge in [0.2, 0.25) is 0 Å². The fourth-order valence-electron chi connectivity index (χ4n) is 1.53. The maximum Gasteiger partial charge on any atom is 0.274 e. The van der Waals surface area contributed by atoms with Gasteiger partial charge in [-0.3, -0.25) is 10.1 Å². The van der Waals surface area contributed by atoms with Crippen molar-refractivity contribution in [3.63, 3.8) is 0 Å². The Bertz CT molecular complexity index is 575. The molecule has 92 valence electrons. The van der Waals surface area contributed by atoms with Crippen LogP contribution in [0.1, 0.15) is 5.56 Å². The number of hydrogen-bond donors (Lipinski definition) is 1. The van der Waals surface area contributed by atoms with Gasteiger partial charge in [0.05, 0.1) is 9.95 Å². The fourth-order valence-corrected chi connectivity index (χ4v) is 1.72. The molecule has 2 rings (SSSR count). The summed E-state index contributed by atoms with van der Waals surface area (Å²) in [6.45, 7) is 0.299. The number of nitrogens with zero attached hydrogens (tertiary/aromatic N) is 2. The number of nitro groups is 1. The summed E-state index contributed by atoms with van der Waals surface area (Å²) in [6.07, 6.45) is 1.60. The molecule has 0 atom stereocenters. The molecule has 1 aromatic carbocycles. The van der Waals surface area contributed by atoms with Crippen LogP contribution in [0.25, 0.3) is 0 Å².